The summed E-state index contributed by atoms with van der Waals surface area (Å²) in [5.74, 6) is 1.29. The lowest BCUT2D eigenvalue weighted by Gasteiger charge is -2.08. The van der Waals surface area contributed by atoms with Crippen molar-refractivity contribution in [3.8, 4) is 0 Å². The number of primary sulfonamides is 1. The van der Waals surface area contributed by atoms with Gasteiger partial charge in [-0.05, 0) is 17.7 Å². The molecule has 0 bridgehead atoms. The summed E-state index contributed by atoms with van der Waals surface area (Å²) in [4.78, 5) is 8.47. The van der Waals surface area contributed by atoms with E-state index in [2.05, 4.69) is 15.3 Å². The summed E-state index contributed by atoms with van der Waals surface area (Å²) in [6.45, 7) is 2.43. The van der Waals surface area contributed by atoms with Crippen LogP contribution in [0.15, 0.2) is 35.2 Å². The van der Waals surface area contributed by atoms with Gasteiger partial charge in [-0.3, -0.25) is 0 Å². The molecule has 1 aromatic heterocycles. The highest BCUT2D eigenvalue weighted by Crippen LogP contribution is 2.14. The van der Waals surface area contributed by atoms with Gasteiger partial charge in [-0.1, -0.05) is 30.7 Å². The molecule has 1 aromatic carbocycles. The summed E-state index contributed by atoms with van der Waals surface area (Å²) in [6.07, 6.45) is 0.693. The van der Waals surface area contributed by atoms with E-state index in [9.17, 15) is 8.42 Å². The van der Waals surface area contributed by atoms with Crippen LogP contribution in [-0.4, -0.2) is 18.4 Å². The third-order valence-electron chi connectivity index (χ3n) is 2.78. The first-order valence-corrected chi connectivity index (χ1v) is 8.20. The lowest BCUT2D eigenvalue weighted by atomic mass is 10.2. The topological polar surface area (TPSA) is 98.0 Å². The molecule has 0 amide bonds. The molecular formula is C13H15ClN4O2S. The molecule has 0 aliphatic heterocycles. The average Bonchev–Trinajstić information content (AvgIpc) is 2.44. The molecule has 0 unspecified atom stereocenters. The fourth-order valence-corrected chi connectivity index (χ4v) is 2.42. The maximum absolute atomic E-state index is 11.2. The molecule has 2 rings (SSSR count). The lowest BCUT2D eigenvalue weighted by Crippen LogP contribution is -2.12. The number of aryl methyl sites for hydroxylation is 1. The number of nitrogens with one attached hydrogen (secondary N) is 1. The number of anilines is 1. The molecule has 3 N–H and O–H groups in total. The van der Waals surface area contributed by atoms with Gasteiger partial charge in [-0.2, -0.15) is 0 Å². The first-order valence-electron chi connectivity index (χ1n) is 6.27. The van der Waals surface area contributed by atoms with Gasteiger partial charge in [-0.15, -0.1) is 0 Å². The van der Waals surface area contributed by atoms with E-state index >= 15 is 0 Å². The number of hydrogen-bond acceptors (Lipinski definition) is 5. The van der Waals surface area contributed by atoms with E-state index in [0.717, 1.165) is 5.56 Å². The van der Waals surface area contributed by atoms with Crippen LogP contribution in [0.25, 0.3) is 0 Å². The Morgan fingerprint density at radius 3 is 2.48 bits per heavy atom. The molecule has 0 atom stereocenters. The number of nitrogens with two attached hydrogens (primary N) is 1. The minimum Gasteiger partial charge on any atom is -0.366 e. The fraction of sp³-hybridized carbons (Fsp3) is 0.231. The monoisotopic (exact) mass is 326 g/mol. The highest BCUT2D eigenvalue weighted by atomic mass is 35.5. The SMILES string of the molecule is CCc1nc(Cl)cc(NCc2ccc(S(N)(=O)=O)cc2)n1. The Hall–Kier alpha value is -1.70. The Morgan fingerprint density at radius 2 is 1.90 bits per heavy atom. The van der Waals surface area contributed by atoms with Gasteiger partial charge in [0, 0.05) is 19.0 Å². The second-order valence-corrected chi connectivity index (χ2v) is 6.34. The minimum atomic E-state index is -3.66. The average molecular weight is 327 g/mol. The molecule has 2 aromatic rings. The van der Waals surface area contributed by atoms with Crippen molar-refractivity contribution >= 4 is 27.4 Å². The van der Waals surface area contributed by atoms with E-state index in [-0.39, 0.29) is 4.90 Å². The van der Waals surface area contributed by atoms with Crippen molar-refractivity contribution in [3.05, 3.63) is 46.9 Å². The molecule has 8 heteroatoms. The van der Waals surface area contributed by atoms with Gasteiger partial charge in [0.15, 0.2) is 0 Å². The predicted octanol–water partition coefficient (Wildman–Crippen LogP) is 1.95. The fourth-order valence-electron chi connectivity index (χ4n) is 1.70. The summed E-state index contributed by atoms with van der Waals surface area (Å²) in [6, 6.07) is 7.96. The molecule has 1 heterocycles. The number of sulfonamides is 1. The molecule has 21 heavy (non-hydrogen) atoms. The first-order chi connectivity index (χ1) is 9.88. The van der Waals surface area contributed by atoms with E-state index in [0.29, 0.717) is 29.8 Å². The molecular weight excluding hydrogens is 312 g/mol. The number of rotatable bonds is 5. The van der Waals surface area contributed by atoms with Crippen molar-refractivity contribution in [3.63, 3.8) is 0 Å². The van der Waals surface area contributed by atoms with E-state index < -0.39 is 10.0 Å². The summed E-state index contributed by atoms with van der Waals surface area (Å²) >= 11 is 5.91. The second kappa shape index (κ2) is 6.38. The van der Waals surface area contributed by atoms with Crippen molar-refractivity contribution in [2.24, 2.45) is 5.14 Å². The Morgan fingerprint density at radius 1 is 1.24 bits per heavy atom. The van der Waals surface area contributed by atoms with Crippen LogP contribution in [0.3, 0.4) is 0 Å². The van der Waals surface area contributed by atoms with Crippen molar-refractivity contribution in [1.29, 1.82) is 0 Å². The predicted molar refractivity (Wildman–Crippen MR) is 81.6 cm³/mol. The standard InChI is InChI=1S/C13H15ClN4O2S/c1-2-12-17-11(14)7-13(18-12)16-8-9-3-5-10(6-4-9)21(15,19)20/h3-7H,2,8H2,1H3,(H2,15,19,20)(H,16,17,18). The van der Waals surface area contributed by atoms with Crippen LogP contribution in [0.1, 0.15) is 18.3 Å². The Bertz CT molecular complexity index is 732. The minimum absolute atomic E-state index is 0.0876. The van der Waals surface area contributed by atoms with Crippen molar-refractivity contribution in [2.45, 2.75) is 24.8 Å². The smallest absolute Gasteiger partial charge is 0.238 e. The van der Waals surface area contributed by atoms with Gasteiger partial charge in [0.05, 0.1) is 4.90 Å². The third kappa shape index (κ3) is 4.38. The zero-order chi connectivity index (χ0) is 15.5. The Kier molecular flexibility index (Phi) is 4.76. The van der Waals surface area contributed by atoms with Gasteiger partial charge < -0.3 is 5.32 Å². The van der Waals surface area contributed by atoms with Crippen LogP contribution in [0.5, 0.6) is 0 Å². The number of halogens is 1. The quantitative estimate of drug-likeness (QED) is 0.818. The number of benzene rings is 1. The molecule has 0 aliphatic rings. The molecule has 0 saturated carbocycles. The maximum atomic E-state index is 11.2. The summed E-state index contributed by atoms with van der Waals surface area (Å²) in [5, 5.41) is 8.55. The normalized spacial score (nSPS) is 11.4. The molecule has 0 radical (unpaired) electrons. The molecule has 0 saturated heterocycles. The highest BCUT2D eigenvalue weighted by Gasteiger charge is 2.07. The summed E-state index contributed by atoms with van der Waals surface area (Å²) < 4.78 is 22.3. The van der Waals surface area contributed by atoms with E-state index in [4.69, 9.17) is 16.7 Å². The zero-order valence-electron chi connectivity index (χ0n) is 11.4. The number of hydrogen-bond donors (Lipinski definition) is 2. The lowest BCUT2D eigenvalue weighted by molar-refractivity contribution is 0.598. The Balaban J connectivity index is 2.08. The first kappa shape index (κ1) is 15.7. The molecule has 0 spiro atoms. The second-order valence-electron chi connectivity index (χ2n) is 4.39. The summed E-state index contributed by atoms with van der Waals surface area (Å²) in [7, 11) is -3.66. The summed E-state index contributed by atoms with van der Waals surface area (Å²) in [5.41, 5.74) is 0.898. The number of aromatic nitrogens is 2. The van der Waals surface area contributed by atoms with Crippen molar-refractivity contribution in [2.75, 3.05) is 5.32 Å². The van der Waals surface area contributed by atoms with Gasteiger partial charge >= 0.3 is 0 Å². The van der Waals surface area contributed by atoms with Crippen LogP contribution in [0.4, 0.5) is 5.82 Å². The Labute approximate surface area is 128 Å². The van der Waals surface area contributed by atoms with E-state index in [1.807, 2.05) is 6.92 Å². The van der Waals surface area contributed by atoms with Gasteiger partial charge in [0.25, 0.3) is 0 Å². The van der Waals surface area contributed by atoms with Gasteiger partial charge in [0.2, 0.25) is 10.0 Å². The third-order valence-corrected chi connectivity index (χ3v) is 3.91. The maximum Gasteiger partial charge on any atom is 0.238 e. The number of nitrogens with zero attached hydrogens (tertiary/aromatic N) is 2. The van der Waals surface area contributed by atoms with Crippen molar-refractivity contribution < 1.29 is 8.42 Å². The van der Waals surface area contributed by atoms with Gasteiger partial charge in [-0.25, -0.2) is 23.5 Å². The largest absolute Gasteiger partial charge is 0.366 e. The van der Waals surface area contributed by atoms with E-state index in [1.54, 1.807) is 18.2 Å². The van der Waals surface area contributed by atoms with Crippen LogP contribution in [0, 0.1) is 0 Å². The molecule has 0 fully saturated rings. The molecule has 0 aliphatic carbocycles. The van der Waals surface area contributed by atoms with Crippen molar-refractivity contribution in [1.82, 2.24) is 9.97 Å². The molecule has 112 valence electrons. The van der Waals surface area contributed by atoms with E-state index in [1.165, 1.54) is 12.1 Å². The zero-order valence-corrected chi connectivity index (χ0v) is 12.9. The van der Waals surface area contributed by atoms with Crippen LogP contribution >= 0.6 is 11.6 Å². The molecule has 6 nitrogen and oxygen atoms in total. The van der Waals surface area contributed by atoms with Gasteiger partial charge in [0.1, 0.15) is 16.8 Å². The van der Waals surface area contributed by atoms with Crippen LogP contribution in [-0.2, 0) is 23.0 Å². The van der Waals surface area contributed by atoms with Crippen LogP contribution < -0.4 is 10.5 Å². The highest BCUT2D eigenvalue weighted by molar-refractivity contribution is 7.89. The van der Waals surface area contributed by atoms with Crippen LogP contribution in [0.2, 0.25) is 5.15 Å².